The molecule has 2 aromatic carbocycles. The molecule has 0 atom stereocenters. The fraction of sp³-hybridized carbons (Fsp3) is 0.462. The highest BCUT2D eigenvalue weighted by atomic mass is 35.5. The van der Waals surface area contributed by atoms with Gasteiger partial charge in [-0.1, -0.05) is 43.7 Å². The van der Waals surface area contributed by atoms with Gasteiger partial charge in [0.05, 0.1) is 21.8 Å². The molecule has 17 heteroatoms. The highest BCUT2D eigenvalue weighted by molar-refractivity contribution is 7.86. The Balaban J connectivity index is 1.50. The third-order valence-corrected chi connectivity index (χ3v) is 13.7. The highest BCUT2D eigenvalue weighted by Gasteiger charge is 2.45. The number of allylic oxidation sites excluding steroid dienone is 8. The number of unbranched alkanes of at least 4 members (excludes halogenated alkanes) is 2. The molecule has 2 aromatic rings. The van der Waals surface area contributed by atoms with Crippen LogP contribution >= 0.6 is 11.6 Å². The molecular weight excluding hydrogens is 804 g/mol. The Kier molecular flexibility index (Phi) is 13.0. The number of hydrogen-bond donors (Lipinski definition) is 5. The molecule has 0 saturated carbocycles. The number of aliphatic hydroxyl groups is 2. The van der Waals surface area contributed by atoms with E-state index in [1.807, 2.05) is 62.6 Å². The van der Waals surface area contributed by atoms with E-state index in [1.165, 1.54) is 12.1 Å². The quantitative estimate of drug-likeness (QED) is 0.0565. The monoisotopic (exact) mass is 853 g/mol. The molecule has 0 saturated heterocycles. The molecule has 3 aliphatic rings. The molecule has 2 aliphatic heterocycles. The summed E-state index contributed by atoms with van der Waals surface area (Å²) < 4.78 is 99.9. The van der Waals surface area contributed by atoms with E-state index < -0.39 is 47.5 Å². The summed E-state index contributed by atoms with van der Waals surface area (Å²) in [4.78, 5) is 1.85. The summed E-state index contributed by atoms with van der Waals surface area (Å²) in [5.74, 6) is -0.744. The normalized spacial score (nSPS) is 19.9. The van der Waals surface area contributed by atoms with Gasteiger partial charge in [-0.05, 0) is 99.4 Å². The van der Waals surface area contributed by atoms with Gasteiger partial charge >= 0.3 is 0 Å². The SMILES string of the molecule is CC1(C)C(/C=C/C2=C(Cl)C(=C/C=C3/N(CCCCS(=O)(=O)O)c4ccc(C(O)O)cc4C3(C)C)/CCC2)=[N+](CCCCS(=O)(=O)O)c2ccc(S(=O)(=O)O)cc21. The van der Waals surface area contributed by atoms with Gasteiger partial charge in [-0.15, -0.1) is 0 Å². The van der Waals surface area contributed by atoms with E-state index in [1.54, 1.807) is 18.2 Å². The van der Waals surface area contributed by atoms with Crippen molar-refractivity contribution in [2.75, 3.05) is 29.5 Å². The van der Waals surface area contributed by atoms with Crippen LogP contribution in [0.5, 0.6) is 0 Å². The lowest BCUT2D eigenvalue weighted by Crippen LogP contribution is -2.28. The topological polar surface area (TPSA) is 210 Å². The summed E-state index contributed by atoms with van der Waals surface area (Å²) >= 11 is 7.11. The van der Waals surface area contributed by atoms with Crippen molar-refractivity contribution in [3.8, 4) is 0 Å². The smallest absolute Gasteiger partial charge is 0.294 e. The Hall–Kier alpha value is -3.19. The minimum atomic E-state index is -4.47. The van der Waals surface area contributed by atoms with Crippen LogP contribution in [0.4, 0.5) is 11.4 Å². The summed E-state index contributed by atoms with van der Waals surface area (Å²) in [6, 6.07) is 9.62. The summed E-state index contributed by atoms with van der Waals surface area (Å²) in [5, 5.41) is 20.4. The molecule has 0 bridgehead atoms. The van der Waals surface area contributed by atoms with Crippen molar-refractivity contribution in [3.05, 3.63) is 99.3 Å². The molecule has 0 spiro atoms. The first kappa shape index (κ1) is 43.9. The van der Waals surface area contributed by atoms with Crippen LogP contribution in [0.25, 0.3) is 0 Å². The number of nitrogens with zero attached hydrogens (tertiary/aromatic N) is 2. The van der Waals surface area contributed by atoms with Crippen LogP contribution in [0.15, 0.2) is 87.5 Å². The van der Waals surface area contributed by atoms with E-state index in [0.717, 1.165) is 40.2 Å². The van der Waals surface area contributed by atoms with Gasteiger partial charge in [0.25, 0.3) is 30.4 Å². The van der Waals surface area contributed by atoms with Crippen molar-refractivity contribution in [2.24, 2.45) is 0 Å². The molecule has 0 aromatic heterocycles. The van der Waals surface area contributed by atoms with Gasteiger partial charge in [-0.25, -0.2) is 0 Å². The van der Waals surface area contributed by atoms with Crippen LogP contribution in [0.1, 0.15) is 95.6 Å². The number of aliphatic hydroxyl groups excluding tert-OH is 1. The van der Waals surface area contributed by atoms with Gasteiger partial charge in [0.2, 0.25) is 5.69 Å². The number of halogens is 1. The van der Waals surface area contributed by atoms with E-state index >= 15 is 0 Å². The van der Waals surface area contributed by atoms with Crippen molar-refractivity contribution >= 4 is 59.0 Å². The first-order chi connectivity index (χ1) is 25.9. The van der Waals surface area contributed by atoms with Crippen molar-refractivity contribution in [1.82, 2.24) is 0 Å². The number of anilines is 1. The van der Waals surface area contributed by atoms with E-state index in [2.05, 4.69) is 4.90 Å². The van der Waals surface area contributed by atoms with E-state index in [0.29, 0.717) is 60.6 Å². The zero-order chi connectivity index (χ0) is 41.4. The fourth-order valence-corrected chi connectivity index (χ4v) is 9.79. The van der Waals surface area contributed by atoms with E-state index in [4.69, 9.17) is 11.6 Å². The van der Waals surface area contributed by atoms with Gasteiger partial charge in [-0.3, -0.25) is 13.7 Å². The number of fused-ring (bicyclic) bond motifs is 2. The summed E-state index contributed by atoms with van der Waals surface area (Å²) in [5.41, 5.74) is 5.65. The average Bonchev–Trinajstić information content (AvgIpc) is 3.43. The molecule has 56 heavy (non-hydrogen) atoms. The largest absolute Gasteiger partial charge is 0.364 e. The molecule has 306 valence electrons. The molecule has 5 rings (SSSR count). The summed E-state index contributed by atoms with van der Waals surface area (Å²) in [6.07, 6.45) is 9.74. The molecule has 0 amide bonds. The standard InChI is InChI=1S/C39H49ClN2O11S3/c1-38(2)30-24-28(37(43)44)12-16-32(30)41(20-5-7-22-54(45,46)47)34(38)18-13-26-10-9-11-27(36(26)40)14-19-35-39(3,4)31-25-29(56(51,52)53)15-17-33(31)42(35)21-6-8-23-55(48,49)50/h12-19,24-25,37,43-44H,5-11,20-23H2,1-4H3,(H2-,45,46,47,48,49,50,51,52,53)/p+1. The molecule has 5 N–H and O–H groups in total. The van der Waals surface area contributed by atoms with Gasteiger partial charge in [0.1, 0.15) is 6.54 Å². The molecular formula is C39H50ClN2O11S3+. The highest BCUT2D eigenvalue weighted by Crippen LogP contribution is 2.49. The first-order valence-electron chi connectivity index (χ1n) is 18.4. The fourth-order valence-electron chi connectivity index (χ4n) is 7.83. The van der Waals surface area contributed by atoms with Crippen molar-refractivity contribution in [2.45, 2.75) is 94.7 Å². The van der Waals surface area contributed by atoms with E-state index in [9.17, 15) is 49.1 Å². The van der Waals surface area contributed by atoms with Crippen LogP contribution in [0.2, 0.25) is 0 Å². The molecule has 0 fully saturated rings. The predicted octanol–water partition coefficient (Wildman–Crippen LogP) is 6.47. The second-order valence-electron chi connectivity index (χ2n) is 15.5. The lowest BCUT2D eigenvalue weighted by atomic mass is 9.81. The van der Waals surface area contributed by atoms with Crippen LogP contribution in [0.3, 0.4) is 0 Å². The molecule has 13 nitrogen and oxygen atoms in total. The minimum Gasteiger partial charge on any atom is -0.364 e. The van der Waals surface area contributed by atoms with Gasteiger partial charge in [0.15, 0.2) is 12.0 Å². The lowest BCUT2D eigenvalue weighted by molar-refractivity contribution is -0.438. The Morgan fingerprint density at radius 3 is 2.09 bits per heavy atom. The van der Waals surface area contributed by atoms with E-state index in [-0.39, 0.29) is 29.2 Å². The third kappa shape index (κ3) is 9.91. The zero-order valence-corrected chi connectivity index (χ0v) is 35.0. The summed E-state index contributed by atoms with van der Waals surface area (Å²) in [6.45, 7) is 8.76. The maximum absolute atomic E-state index is 12.1. The minimum absolute atomic E-state index is 0.209. The Morgan fingerprint density at radius 1 is 0.804 bits per heavy atom. The maximum atomic E-state index is 12.1. The first-order valence-corrected chi connectivity index (χ1v) is 23.4. The second kappa shape index (κ2) is 16.6. The third-order valence-electron chi connectivity index (χ3n) is 10.8. The molecule has 2 heterocycles. The number of hydrogen-bond acceptors (Lipinski definition) is 9. The van der Waals surface area contributed by atoms with Crippen molar-refractivity contribution in [1.29, 1.82) is 0 Å². The van der Waals surface area contributed by atoms with Crippen LogP contribution in [0, 0.1) is 0 Å². The number of benzene rings is 2. The second-order valence-corrected chi connectivity index (χ2v) is 20.4. The van der Waals surface area contributed by atoms with Gasteiger partial charge < -0.3 is 15.1 Å². The zero-order valence-electron chi connectivity index (χ0n) is 31.8. The Bertz CT molecular complexity index is 2380. The Morgan fingerprint density at radius 2 is 1.46 bits per heavy atom. The van der Waals surface area contributed by atoms with Crippen molar-refractivity contribution < 1.29 is 53.7 Å². The summed E-state index contributed by atoms with van der Waals surface area (Å²) in [7, 11) is -12.7. The Labute approximate surface area is 334 Å². The predicted molar refractivity (Wildman–Crippen MR) is 216 cm³/mol. The van der Waals surface area contributed by atoms with Crippen LogP contribution in [-0.2, 0) is 41.2 Å². The maximum Gasteiger partial charge on any atom is 0.294 e. The molecule has 0 radical (unpaired) electrons. The van der Waals surface area contributed by atoms with Gasteiger partial charge in [-0.2, -0.15) is 29.8 Å². The average molecular weight is 854 g/mol. The van der Waals surface area contributed by atoms with Crippen LogP contribution in [-0.4, -0.2) is 84.0 Å². The number of rotatable bonds is 15. The molecule has 0 unspecified atom stereocenters. The lowest BCUT2D eigenvalue weighted by Gasteiger charge is -2.27. The van der Waals surface area contributed by atoms with Gasteiger partial charge in [0, 0.05) is 58.1 Å². The molecule has 1 aliphatic carbocycles. The van der Waals surface area contributed by atoms with Crippen molar-refractivity contribution in [3.63, 3.8) is 0 Å². The van der Waals surface area contributed by atoms with Crippen LogP contribution < -0.4 is 4.90 Å².